The topological polar surface area (TPSA) is 32.3 Å². The molecule has 0 spiro atoms. The number of carbonyl (C=O) groups is 1. The summed E-state index contributed by atoms with van der Waals surface area (Å²) in [6.45, 7) is 7.33. The number of rotatable bonds is 6. The predicted octanol–water partition coefficient (Wildman–Crippen LogP) is 3.20. The quantitative estimate of drug-likeness (QED) is 0.872. The van der Waals surface area contributed by atoms with Gasteiger partial charge in [0.25, 0.3) is 0 Å². The Bertz CT molecular complexity index is 424. The number of nitrogens with one attached hydrogen (secondary N) is 1. The number of benzene rings is 1. The molecule has 2 rings (SSSR count). The van der Waals surface area contributed by atoms with E-state index in [2.05, 4.69) is 47.5 Å². The van der Waals surface area contributed by atoms with Crippen LogP contribution in [0.4, 0.5) is 0 Å². The van der Waals surface area contributed by atoms with Gasteiger partial charge in [-0.25, -0.2) is 0 Å². The molecule has 1 N–H and O–H groups in total. The van der Waals surface area contributed by atoms with E-state index in [0.29, 0.717) is 6.04 Å². The molecular formula is C18H28N2O. The zero-order valence-electron chi connectivity index (χ0n) is 13.3. The lowest BCUT2D eigenvalue weighted by molar-refractivity contribution is -0.125. The van der Waals surface area contributed by atoms with Crippen molar-refractivity contribution in [2.24, 2.45) is 5.92 Å². The highest BCUT2D eigenvalue weighted by Gasteiger charge is 2.22. The minimum absolute atomic E-state index is 0.150. The number of likely N-dealkylation sites (tertiary alicyclic amines) is 1. The fraction of sp³-hybridized carbons (Fsp3) is 0.611. The lowest BCUT2D eigenvalue weighted by Gasteiger charge is -2.32. The van der Waals surface area contributed by atoms with Gasteiger partial charge in [-0.3, -0.25) is 9.69 Å². The zero-order chi connectivity index (χ0) is 15.1. The highest BCUT2D eigenvalue weighted by molar-refractivity contribution is 5.78. The molecule has 116 valence electrons. The van der Waals surface area contributed by atoms with Gasteiger partial charge in [-0.15, -0.1) is 0 Å². The normalized spacial score (nSPS) is 18.4. The van der Waals surface area contributed by atoms with E-state index in [4.69, 9.17) is 0 Å². The van der Waals surface area contributed by atoms with Gasteiger partial charge in [0.15, 0.2) is 0 Å². The maximum atomic E-state index is 12.0. The summed E-state index contributed by atoms with van der Waals surface area (Å²) in [7, 11) is 0. The van der Waals surface area contributed by atoms with Crippen LogP contribution < -0.4 is 5.32 Å². The monoisotopic (exact) mass is 288 g/mol. The van der Waals surface area contributed by atoms with Crippen molar-refractivity contribution in [1.82, 2.24) is 10.2 Å². The summed E-state index contributed by atoms with van der Waals surface area (Å²) in [6.07, 6.45) is 4.19. The van der Waals surface area contributed by atoms with Gasteiger partial charge in [-0.2, -0.15) is 0 Å². The molecule has 0 bridgehead atoms. The van der Waals surface area contributed by atoms with Crippen LogP contribution in [0.25, 0.3) is 0 Å². The lowest BCUT2D eigenvalue weighted by Crippen LogP contribution is -2.45. The fourth-order valence-electron chi connectivity index (χ4n) is 2.98. The van der Waals surface area contributed by atoms with Crippen molar-refractivity contribution < 1.29 is 4.79 Å². The summed E-state index contributed by atoms with van der Waals surface area (Å²) in [5.41, 5.74) is 1.37. The Morgan fingerprint density at radius 1 is 1.29 bits per heavy atom. The lowest BCUT2D eigenvalue weighted by atomic mass is 10.0. The first-order valence-electron chi connectivity index (χ1n) is 8.25. The molecule has 1 aromatic rings. The molecule has 1 atom stereocenters. The van der Waals surface area contributed by atoms with Gasteiger partial charge >= 0.3 is 0 Å². The molecule has 1 fully saturated rings. The van der Waals surface area contributed by atoms with Gasteiger partial charge in [-0.1, -0.05) is 50.6 Å². The Morgan fingerprint density at radius 3 is 2.57 bits per heavy atom. The average molecular weight is 288 g/mol. The summed E-state index contributed by atoms with van der Waals surface area (Å²) in [6, 6.07) is 11.0. The fourth-order valence-corrected chi connectivity index (χ4v) is 2.98. The van der Waals surface area contributed by atoms with Gasteiger partial charge in [0, 0.05) is 31.6 Å². The molecule has 0 aliphatic carbocycles. The first-order chi connectivity index (χ1) is 10.2. The Kier molecular flexibility index (Phi) is 6.24. The van der Waals surface area contributed by atoms with Crippen LogP contribution in [0, 0.1) is 5.92 Å². The van der Waals surface area contributed by atoms with Crippen molar-refractivity contribution >= 4 is 5.91 Å². The molecule has 1 saturated heterocycles. The molecule has 3 heteroatoms. The third-order valence-corrected chi connectivity index (χ3v) is 4.35. The first kappa shape index (κ1) is 16.0. The molecule has 0 aromatic heterocycles. The van der Waals surface area contributed by atoms with Crippen molar-refractivity contribution in [2.45, 2.75) is 52.1 Å². The Labute approximate surface area is 128 Å². The maximum Gasteiger partial charge on any atom is 0.223 e. The second-order valence-electron chi connectivity index (χ2n) is 6.23. The molecule has 1 aliphatic heterocycles. The number of piperidine rings is 1. The summed E-state index contributed by atoms with van der Waals surface area (Å²) in [4.78, 5) is 14.5. The van der Waals surface area contributed by atoms with Crippen LogP contribution in [-0.4, -0.2) is 29.9 Å². The van der Waals surface area contributed by atoms with Crippen molar-refractivity contribution in [3.05, 3.63) is 35.9 Å². The van der Waals surface area contributed by atoms with Gasteiger partial charge in [0.1, 0.15) is 0 Å². The molecule has 0 radical (unpaired) electrons. The van der Waals surface area contributed by atoms with E-state index in [-0.39, 0.29) is 11.8 Å². The largest absolute Gasteiger partial charge is 0.353 e. The van der Waals surface area contributed by atoms with E-state index in [1.165, 1.54) is 5.56 Å². The molecule has 21 heavy (non-hydrogen) atoms. The van der Waals surface area contributed by atoms with Gasteiger partial charge in [0.05, 0.1) is 0 Å². The summed E-state index contributed by atoms with van der Waals surface area (Å²) in [5, 5.41) is 3.22. The minimum Gasteiger partial charge on any atom is -0.353 e. The second-order valence-corrected chi connectivity index (χ2v) is 6.23. The van der Waals surface area contributed by atoms with Crippen LogP contribution in [-0.2, 0) is 11.3 Å². The molecule has 0 saturated carbocycles. The molecule has 1 heterocycles. The summed E-state index contributed by atoms with van der Waals surface area (Å²) in [5.74, 6) is 0.385. The summed E-state index contributed by atoms with van der Waals surface area (Å²) < 4.78 is 0. The standard InChI is InChI=1S/C18H28N2O/c1-3-7-15(2)18(21)19-17-10-12-20(13-11-17)14-16-8-5-4-6-9-16/h4-6,8-9,15,17H,3,7,10-14H2,1-2H3,(H,19,21). The van der Waals surface area contributed by atoms with E-state index in [1.54, 1.807) is 0 Å². The Balaban J connectivity index is 1.72. The third-order valence-electron chi connectivity index (χ3n) is 4.35. The number of amides is 1. The molecule has 1 amide bonds. The van der Waals surface area contributed by atoms with Crippen LogP contribution in [0.2, 0.25) is 0 Å². The van der Waals surface area contributed by atoms with Crippen LogP contribution in [0.1, 0.15) is 45.1 Å². The van der Waals surface area contributed by atoms with Crippen LogP contribution in [0.5, 0.6) is 0 Å². The number of hydrogen-bond donors (Lipinski definition) is 1. The number of nitrogens with zero attached hydrogens (tertiary/aromatic N) is 1. The molecule has 1 aliphatic rings. The van der Waals surface area contributed by atoms with E-state index in [9.17, 15) is 4.79 Å². The number of hydrogen-bond acceptors (Lipinski definition) is 2. The van der Waals surface area contributed by atoms with Crippen molar-refractivity contribution in [3.63, 3.8) is 0 Å². The first-order valence-corrected chi connectivity index (χ1v) is 8.25. The smallest absolute Gasteiger partial charge is 0.223 e. The van der Waals surface area contributed by atoms with E-state index in [0.717, 1.165) is 45.3 Å². The molecule has 3 nitrogen and oxygen atoms in total. The zero-order valence-corrected chi connectivity index (χ0v) is 13.3. The Morgan fingerprint density at radius 2 is 1.95 bits per heavy atom. The maximum absolute atomic E-state index is 12.0. The molecule has 1 unspecified atom stereocenters. The van der Waals surface area contributed by atoms with Crippen molar-refractivity contribution in [1.29, 1.82) is 0 Å². The Hall–Kier alpha value is -1.35. The van der Waals surface area contributed by atoms with E-state index < -0.39 is 0 Å². The average Bonchev–Trinajstić information content (AvgIpc) is 2.50. The second kappa shape index (κ2) is 8.18. The minimum atomic E-state index is 0.150. The van der Waals surface area contributed by atoms with Crippen molar-refractivity contribution in [2.75, 3.05) is 13.1 Å². The van der Waals surface area contributed by atoms with Gasteiger partial charge < -0.3 is 5.32 Å². The summed E-state index contributed by atoms with van der Waals surface area (Å²) >= 11 is 0. The number of carbonyl (C=O) groups excluding carboxylic acids is 1. The van der Waals surface area contributed by atoms with E-state index in [1.807, 2.05) is 6.92 Å². The van der Waals surface area contributed by atoms with Crippen LogP contribution in [0.15, 0.2) is 30.3 Å². The highest BCUT2D eigenvalue weighted by atomic mass is 16.1. The highest BCUT2D eigenvalue weighted by Crippen LogP contribution is 2.15. The van der Waals surface area contributed by atoms with Crippen LogP contribution in [0.3, 0.4) is 0 Å². The van der Waals surface area contributed by atoms with E-state index >= 15 is 0 Å². The van der Waals surface area contributed by atoms with Crippen LogP contribution >= 0.6 is 0 Å². The third kappa shape index (κ3) is 5.16. The predicted molar refractivity (Wildman–Crippen MR) is 87.0 cm³/mol. The van der Waals surface area contributed by atoms with Gasteiger partial charge in [0.2, 0.25) is 5.91 Å². The molecule has 1 aromatic carbocycles. The van der Waals surface area contributed by atoms with Gasteiger partial charge in [-0.05, 0) is 24.8 Å². The van der Waals surface area contributed by atoms with Crippen molar-refractivity contribution in [3.8, 4) is 0 Å². The molecular weight excluding hydrogens is 260 g/mol. The SMILES string of the molecule is CCCC(C)C(=O)NC1CCN(Cc2ccccc2)CC1.